The molecule has 1 aromatic carbocycles. The molecule has 0 fully saturated rings. The molecule has 0 bridgehead atoms. The van der Waals surface area contributed by atoms with Gasteiger partial charge in [-0.25, -0.2) is 4.98 Å². The van der Waals surface area contributed by atoms with Crippen LogP contribution in [-0.4, -0.2) is 4.98 Å². The Labute approximate surface area is 106 Å². The number of nitrogens with zero attached hydrogens (tertiary/aromatic N) is 1. The van der Waals surface area contributed by atoms with E-state index in [2.05, 4.69) is 4.98 Å². The predicted octanol–water partition coefficient (Wildman–Crippen LogP) is 4.05. The normalized spacial score (nSPS) is 11.6. The van der Waals surface area contributed by atoms with Crippen LogP contribution in [0.1, 0.15) is 16.3 Å². The van der Waals surface area contributed by atoms with Crippen molar-refractivity contribution >= 4 is 11.3 Å². The van der Waals surface area contributed by atoms with E-state index in [0.717, 1.165) is 22.8 Å². The highest BCUT2D eigenvalue weighted by Gasteiger charge is 2.29. The lowest BCUT2D eigenvalue weighted by atomic mass is 10.2. The first-order valence-electron chi connectivity index (χ1n) is 5.16. The number of halogens is 3. The average Bonchev–Trinajstić information content (AvgIpc) is 2.72. The molecule has 1 heterocycles. The fourth-order valence-corrected chi connectivity index (χ4v) is 1.97. The Kier molecular flexibility index (Phi) is 3.56. The van der Waals surface area contributed by atoms with Gasteiger partial charge in [-0.05, 0) is 31.2 Å². The molecule has 0 saturated heterocycles. The van der Waals surface area contributed by atoms with E-state index in [9.17, 15) is 13.2 Å². The van der Waals surface area contributed by atoms with Gasteiger partial charge in [0.25, 0.3) is 0 Å². The van der Waals surface area contributed by atoms with Crippen molar-refractivity contribution in [2.75, 3.05) is 0 Å². The number of hydrogen-bond acceptors (Lipinski definition) is 3. The molecular formula is C12H10F3NOS. The molecule has 96 valence electrons. The molecule has 0 aliphatic carbocycles. The standard InChI is InChI=1S/C12H10F3NOS/c1-8-16-10(7-18-8)6-17-11-4-2-9(3-5-11)12(13,14)15/h2-5,7H,6H2,1H3. The lowest BCUT2D eigenvalue weighted by Crippen LogP contribution is -2.04. The van der Waals surface area contributed by atoms with Gasteiger partial charge in [0.15, 0.2) is 0 Å². The molecule has 2 nitrogen and oxygen atoms in total. The molecule has 0 unspecified atom stereocenters. The number of aryl methyl sites for hydroxylation is 1. The van der Waals surface area contributed by atoms with Crippen molar-refractivity contribution in [1.29, 1.82) is 0 Å². The van der Waals surface area contributed by atoms with E-state index >= 15 is 0 Å². The smallest absolute Gasteiger partial charge is 0.416 e. The Bertz CT molecular complexity index is 519. The van der Waals surface area contributed by atoms with Crippen LogP contribution in [0.5, 0.6) is 5.75 Å². The number of rotatable bonds is 3. The second kappa shape index (κ2) is 4.97. The van der Waals surface area contributed by atoms with E-state index in [1.54, 1.807) is 0 Å². The molecule has 0 aliphatic heterocycles. The van der Waals surface area contributed by atoms with Crippen LogP contribution in [-0.2, 0) is 12.8 Å². The summed E-state index contributed by atoms with van der Waals surface area (Å²) in [7, 11) is 0. The quantitative estimate of drug-likeness (QED) is 0.841. The van der Waals surface area contributed by atoms with Crippen LogP contribution in [0, 0.1) is 6.92 Å². The van der Waals surface area contributed by atoms with Crippen LogP contribution in [0.4, 0.5) is 13.2 Å². The Hall–Kier alpha value is -1.56. The SMILES string of the molecule is Cc1nc(COc2ccc(C(F)(F)F)cc2)cs1. The Morgan fingerprint density at radius 3 is 2.39 bits per heavy atom. The molecule has 18 heavy (non-hydrogen) atoms. The summed E-state index contributed by atoms with van der Waals surface area (Å²) in [5.41, 5.74) is 0.0942. The number of ether oxygens (including phenoxy) is 1. The van der Waals surface area contributed by atoms with Gasteiger partial charge >= 0.3 is 6.18 Å². The van der Waals surface area contributed by atoms with Crippen molar-refractivity contribution in [2.24, 2.45) is 0 Å². The van der Waals surface area contributed by atoms with Crippen LogP contribution in [0.15, 0.2) is 29.6 Å². The van der Waals surface area contributed by atoms with Crippen molar-refractivity contribution in [3.05, 3.63) is 45.9 Å². The summed E-state index contributed by atoms with van der Waals surface area (Å²) in [4.78, 5) is 4.20. The minimum Gasteiger partial charge on any atom is -0.487 e. The first kappa shape index (κ1) is 12.9. The third-order valence-electron chi connectivity index (χ3n) is 2.23. The largest absolute Gasteiger partial charge is 0.487 e. The molecule has 0 amide bonds. The number of alkyl halides is 3. The monoisotopic (exact) mass is 273 g/mol. The van der Waals surface area contributed by atoms with Gasteiger partial charge in [-0.15, -0.1) is 11.3 Å². The fraction of sp³-hybridized carbons (Fsp3) is 0.250. The highest BCUT2D eigenvalue weighted by Crippen LogP contribution is 2.30. The van der Waals surface area contributed by atoms with Crippen molar-refractivity contribution < 1.29 is 17.9 Å². The van der Waals surface area contributed by atoms with Gasteiger partial charge in [0.1, 0.15) is 12.4 Å². The molecule has 0 atom stereocenters. The van der Waals surface area contributed by atoms with Crippen LogP contribution in [0.25, 0.3) is 0 Å². The summed E-state index contributed by atoms with van der Waals surface area (Å²) in [5, 5.41) is 2.79. The number of hydrogen-bond donors (Lipinski definition) is 0. The zero-order chi connectivity index (χ0) is 13.2. The van der Waals surface area contributed by atoms with Gasteiger partial charge in [0.05, 0.1) is 16.3 Å². The lowest BCUT2D eigenvalue weighted by molar-refractivity contribution is -0.137. The molecule has 0 N–H and O–H groups in total. The molecule has 2 rings (SSSR count). The van der Waals surface area contributed by atoms with E-state index in [0.29, 0.717) is 5.75 Å². The van der Waals surface area contributed by atoms with Crippen LogP contribution < -0.4 is 4.74 Å². The highest BCUT2D eigenvalue weighted by atomic mass is 32.1. The van der Waals surface area contributed by atoms with E-state index in [1.165, 1.54) is 23.5 Å². The van der Waals surface area contributed by atoms with Gasteiger partial charge in [0.2, 0.25) is 0 Å². The van der Waals surface area contributed by atoms with Crippen molar-refractivity contribution in [3.63, 3.8) is 0 Å². The average molecular weight is 273 g/mol. The van der Waals surface area contributed by atoms with Crippen molar-refractivity contribution in [2.45, 2.75) is 19.7 Å². The van der Waals surface area contributed by atoms with Gasteiger partial charge < -0.3 is 4.74 Å². The molecule has 1 aromatic heterocycles. The van der Waals surface area contributed by atoms with Crippen LogP contribution >= 0.6 is 11.3 Å². The van der Waals surface area contributed by atoms with Crippen LogP contribution in [0.3, 0.4) is 0 Å². The Morgan fingerprint density at radius 2 is 1.89 bits per heavy atom. The zero-order valence-corrected chi connectivity index (χ0v) is 10.3. The molecule has 0 saturated carbocycles. The number of thiazole rings is 1. The number of benzene rings is 1. The minimum atomic E-state index is -4.31. The molecule has 2 aromatic rings. The van der Waals surface area contributed by atoms with Gasteiger partial charge in [-0.2, -0.15) is 13.2 Å². The molecule has 0 spiro atoms. The maximum atomic E-state index is 12.3. The molecule has 6 heteroatoms. The maximum Gasteiger partial charge on any atom is 0.416 e. The Morgan fingerprint density at radius 1 is 1.22 bits per heavy atom. The van der Waals surface area contributed by atoms with Crippen LogP contribution in [0.2, 0.25) is 0 Å². The predicted molar refractivity (Wildman–Crippen MR) is 62.6 cm³/mol. The summed E-state index contributed by atoms with van der Waals surface area (Å²) >= 11 is 1.51. The molecule has 0 aliphatic rings. The third kappa shape index (κ3) is 3.22. The summed E-state index contributed by atoms with van der Waals surface area (Å²) in [6.07, 6.45) is -4.31. The van der Waals surface area contributed by atoms with Gasteiger partial charge in [-0.1, -0.05) is 0 Å². The summed E-state index contributed by atoms with van der Waals surface area (Å²) in [6, 6.07) is 4.62. The molecule has 0 radical (unpaired) electrons. The third-order valence-corrected chi connectivity index (χ3v) is 3.06. The minimum absolute atomic E-state index is 0.260. The Balaban J connectivity index is 1.98. The first-order chi connectivity index (χ1) is 8.45. The van der Waals surface area contributed by atoms with Gasteiger partial charge in [0, 0.05) is 5.38 Å². The second-order valence-electron chi connectivity index (χ2n) is 3.67. The summed E-state index contributed by atoms with van der Waals surface area (Å²) in [6.45, 7) is 2.14. The molecular weight excluding hydrogens is 263 g/mol. The van der Waals surface area contributed by atoms with E-state index in [-0.39, 0.29) is 6.61 Å². The number of aromatic nitrogens is 1. The highest BCUT2D eigenvalue weighted by molar-refractivity contribution is 7.09. The summed E-state index contributed by atoms with van der Waals surface area (Å²) < 4.78 is 42.3. The van der Waals surface area contributed by atoms with Crippen molar-refractivity contribution in [1.82, 2.24) is 4.98 Å². The fourth-order valence-electron chi connectivity index (χ4n) is 1.37. The summed E-state index contributed by atoms with van der Waals surface area (Å²) in [5.74, 6) is 0.397. The zero-order valence-electron chi connectivity index (χ0n) is 9.49. The van der Waals surface area contributed by atoms with E-state index in [4.69, 9.17) is 4.74 Å². The second-order valence-corrected chi connectivity index (χ2v) is 4.73. The lowest BCUT2D eigenvalue weighted by Gasteiger charge is -2.08. The maximum absolute atomic E-state index is 12.3. The van der Waals surface area contributed by atoms with Crippen molar-refractivity contribution in [3.8, 4) is 5.75 Å². The van der Waals surface area contributed by atoms with E-state index < -0.39 is 11.7 Å². The first-order valence-corrected chi connectivity index (χ1v) is 6.04. The van der Waals surface area contributed by atoms with E-state index in [1.807, 2.05) is 12.3 Å². The topological polar surface area (TPSA) is 22.1 Å². The van der Waals surface area contributed by atoms with Gasteiger partial charge in [-0.3, -0.25) is 0 Å².